The topological polar surface area (TPSA) is 63.3 Å². The van der Waals surface area contributed by atoms with Gasteiger partial charge in [0.2, 0.25) is 0 Å². The lowest BCUT2D eigenvalue weighted by atomic mass is 9.93. The van der Waals surface area contributed by atoms with E-state index in [2.05, 4.69) is 0 Å². The van der Waals surface area contributed by atoms with Crippen LogP contribution in [0.1, 0.15) is 34.1 Å². The maximum Gasteiger partial charge on any atom is 0.165 e. The molecule has 0 saturated heterocycles. The second-order valence-electron chi connectivity index (χ2n) is 4.30. The average molecular weight is 187 g/mol. The Labute approximate surface area is 80.3 Å². The number of rotatable bonds is 5. The van der Waals surface area contributed by atoms with Crippen molar-refractivity contribution in [3.63, 3.8) is 0 Å². The summed E-state index contributed by atoms with van der Waals surface area (Å²) in [4.78, 5) is 11.3. The van der Waals surface area contributed by atoms with Crippen molar-refractivity contribution >= 4 is 5.78 Å². The molecule has 0 fully saturated rings. The quantitative estimate of drug-likeness (QED) is 0.673. The summed E-state index contributed by atoms with van der Waals surface area (Å²) in [5.74, 6) is 0.103. The number of Topliss-reactive ketones (excluding diaryl/α,β-unsaturated/α-hetero) is 1. The molecule has 0 unspecified atom stereocenters. The molecule has 0 bridgehead atoms. The Hall–Kier alpha value is -0.410. The SMILES string of the molecule is CC(C)C[C@@H](N)[C@@H](O)C(=O)C(C)C. The van der Waals surface area contributed by atoms with E-state index < -0.39 is 12.1 Å². The molecule has 0 radical (unpaired) electrons. The maximum atomic E-state index is 11.3. The summed E-state index contributed by atoms with van der Waals surface area (Å²) in [5, 5.41) is 9.53. The third-order valence-corrected chi connectivity index (χ3v) is 2.01. The second kappa shape index (κ2) is 5.35. The average Bonchev–Trinajstić information content (AvgIpc) is 2.00. The van der Waals surface area contributed by atoms with E-state index in [4.69, 9.17) is 5.73 Å². The number of hydrogen-bond acceptors (Lipinski definition) is 3. The van der Waals surface area contributed by atoms with E-state index in [1.807, 2.05) is 13.8 Å². The Balaban J connectivity index is 4.09. The highest BCUT2D eigenvalue weighted by Gasteiger charge is 2.25. The molecule has 0 aliphatic rings. The van der Waals surface area contributed by atoms with E-state index in [0.717, 1.165) is 0 Å². The number of aliphatic hydroxyl groups is 1. The fraction of sp³-hybridized carbons (Fsp3) is 0.900. The number of carbonyl (C=O) groups is 1. The minimum absolute atomic E-state index is 0.145. The molecule has 0 amide bonds. The molecular weight excluding hydrogens is 166 g/mol. The highest BCUT2D eigenvalue weighted by Crippen LogP contribution is 2.09. The first-order chi connectivity index (χ1) is 5.86. The normalized spacial score (nSPS) is 16.3. The molecule has 2 atom stereocenters. The fourth-order valence-electron chi connectivity index (χ4n) is 1.23. The third kappa shape index (κ3) is 4.39. The van der Waals surface area contributed by atoms with Gasteiger partial charge in [-0.25, -0.2) is 0 Å². The van der Waals surface area contributed by atoms with Crippen LogP contribution in [0.15, 0.2) is 0 Å². The predicted molar refractivity (Wildman–Crippen MR) is 53.3 cm³/mol. The van der Waals surface area contributed by atoms with Gasteiger partial charge in [0.1, 0.15) is 6.10 Å². The van der Waals surface area contributed by atoms with Crippen LogP contribution in [0, 0.1) is 11.8 Å². The van der Waals surface area contributed by atoms with Crippen LogP contribution in [0.5, 0.6) is 0 Å². The van der Waals surface area contributed by atoms with E-state index in [1.54, 1.807) is 13.8 Å². The summed E-state index contributed by atoms with van der Waals surface area (Å²) >= 11 is 0. The molecule has 0 saturated carbocycles. The molecule has 0 rings (SSSR count). The molecule has 0 aromatic carbocycles. The van der Waals surface area contributed by atoms with Crippen LogP contribution in [0.25, 0.3) is 0 Å². The first kappa shape index (κ1) is 12.6. The van der Waals surface area contributed by atoms with Gasteiger partial charge in [-0.15, -0.1) is 0 Å². The number of carbonyl (C=O) groups excluding carboxylic acids is 1. The Bertz CT molecular complexity index is 166. The molecule has 0 aromatic rings. The molecule has 0 aliphatic heterocycles. The molecule has 0 heterocycles. The van der Waals surface area contributed by atoms with Crippen LogP contribution in [-0.4, -0.2) is 23.0 Å². The Kier molecular flexibility index (Phi) is 5.18. The first-order valence-electron chi connectivity index (χ1n) is 4.83. The van der Waals surface area contributed by atoms with E-state index in [0.29, 0.717) is 12.3 Å². The molecule has 13 heavy (non-hydrogen) atoms. The molecule has 0 spiro atoms. The Morgan fingerprint density at radius 1 is 1.31 bits per heavy atom. The third-order valence-electron chi connectivity index (χ3n) is 2.01. The number of nitrogens with two attached hydrogens (primary N) is 1. The minimum Gasteiger partial charge on any atom is -0.384 e. The summed E-state index contributed by atoms with van der Waals surface area (Å²) in [6.45, 7) is 7.58. The van der Waals surface area contributed by atoms with Gasteiger partial charge < -0.3 is 10.8 Å². The van der Waals surface area contributed by atoms with Gasteiger partial charge in [-0.1, -0.05) is 27.7 Å². The van der Waals surface area contributed by atoms with Crippen molar-refractivity contribution in [2.45, 2.75) is 46.3 Å². The molecular formula is C10H21NO2. The largest absolute Gasteiger partial charge is 0.384 e. The Morgan fingerprint density at radius 2 is 1.77 bits per heavy atom. The van der Waals surface area contributed by atoms with Crippen LogP contribution in [-0.2, 0) is 4.79 Å². The smallest absolute Gasteiger partial charge is 0.165 e. The Morgan fingerprint density at radius 3 is 2.08 bits per heavy atom. The number of ketones is 1. The van der Waals surface area contributed by atoms with Gasteiger partial charge in [-0.2, -0.15) is 0 Å². The van der Waals surface area contributed by atoms with Crippen molar-refractivity contribution in [1.29, 1.82) is 0 Å². The minimum atomic E-state index is -0.998. The number of hydrogen-bond donors (Lipinski definition) is 2. The van der Waals surface area contributed by atoms with Gasteiger partial charge in [0, 0.05) is 12.0 Å². The highest BCUT2D eigenvalue weighted by molar-refractivity contribution is 5.85. The van der Waals surface area contributed by atoms with Crippen LogP contribution in [0.3, 0.4) is 0 Å². The molecule has 3 nitrogen and oxygen atoms in total. The fourth-order valence-corrected chi connectivity index (χ4v) is 1.23. The van der Waals surface area contributed by atoms with Crippen LogP contribution < -0.4 is 5.73 Å². The van der Waals surface area contributed by atoms with E-state index in [9.17, 15) is 9.90 Å². The van der Waals surface area contributed by atoms with Crippen molar-refractivity contribution < 1.29 is 9.90 Å². The zero-order chi connectivity index (χ0) is 10.6. The van der Waals surface area contributed by atoms with Crippen LogP contribution in [0.4, 0.5) is 0 Å². The standard InChI is InChI=1S/C10H21NO2/c1-6(2)5-8(11)10(13)9(12)7(3)4/h6-8,10,13H,5,11H2,1-4H3/t8-,10-/m1/s1. The van der Waals surface area contributed by atoms with Crippen molar-refractivity contribution in [3.8, 4) is 0 Å². The summed E-state index contributed by atoms with van der Waals surface area (Å²) < 4.78 is 0. The van der Waals surface area contributed by atoms with Gasteiger partial charge in [0.05, 0.1) is 0 Å². The van der Waals surface area contributed by atoms with Gasteiger partial charge in [0.25, 0.3) is 0 Å². The lowest BCUT2D eigenvalue weighted by molar-refractivity contribution is -0.131. The lowest BCUT2D eigenvalue weighted by Crippen LogP contribution is -2.43. The zero-order valence-electron chi connectivity index (χ0n) is 8.95. The molecule has 3 N–H and O–H groups in total. The molecule has 0 aliphatic carbocycles. The summed E-state index contributed by atoms with van der Waals surface area (Å²) in [7, 11) is 0. The molecule has 3 heteroatoms. The second-order valence-corrected chi connectivity index (χ2v) is 4.30. The molecule has 0 aromatic heterocycles. The van der Waals surface area contributed by atoms with Gasteiger partial charge >= 0.3 is 0 Å². The van der Waals surface area contributed by atoms with Crippen molar-refractivity contribution in [2.75, 3.05) is 0 Å². The first-order valence-corrected chi connectivity index (χ1v) is 4.83. The summed E-state index contributed by atoms with van der Waals surface area (Å²) in [6, 6.07) is -0.421. The van der Waals surface area contributed by atoms with Crippen molar-refractivity contribution in [1.82, 2.24) is 0 Å². The van der Waals surface area contributed by atoms with Crippen LogP contribution in [0.2, 0.25) is 0 Å². The van der Waals surface area contributed by atoms with Crippen molar-refractivity contribution in [2.24, 2.45) is 17.6 Å². The monoisotopic (exact) mass is 187 g/mol. The maximum absolute atomic E-state index is 11.3. The van der Waals surface area contributed by atoms with Gasteiger partial charge in [0.15, 0.2) is 5.78 Å². The highest BCUT2D eigenvalue weighted by atomic mass is 16.3. The lowest BCUT2D eigenvalue weighted by Gasteiger charge is -2.20. The van der Waals surface area contributed by atoms with Gasteiger partial charge in [-0.3, -0.25) is 4.79 Å². The van der Waals surface area contributed by atoms with Gasteiger partial charge in [-0.05, 0) is 12.3 Å². The number of aliphatic hydroxyl groups excluding tert-OH is 1. The van der Waals surface area contributed by atoms with Crippen LogP contribution >= 0.6 is 0 Å². The predicted octanol–water partition coefficient (Wildman–Crippen LogP) is 0.946. The zero-order valence-corrected chi connectivity index (χ0v) is 8.95. The van der Waals surface area contributed by atoms with E-state index >= 15 is 0 Å². The molecule has 78 valence electrons. The van der Waals surface area contributed by atoms with E-state index in [1.165, 1.54) is 0 Å². The van der Waals surface area contributed by atoms with E-state index in [-0.39, 0.29) is 11.7 Å². The summed E-state index contributed by atoms with van der Waals surface area (Å²) in [5.41, 5.74) is 5.69. The van der Waals surface area contributed by atoms with Crippen molar-refractivity contribution in [3.05, 3.63) is 0 Å². The summed E-state index contributed by atoms with van der Waals surface area (Å²) in [6.07, 6.45) is -0.318.